The largest absolute Gasteiger partial charge is 0.484 e. The monoisotopic (exact) mass is 390 g/mol. The molecule has 1 aromatic carbocycles. The van der Waals surface area contributed by atoms with Crippen LogP contribution in [0, 0.1) is 6.92 Å². The predicted molar refractivity (Wildman–Crippen MR) is 94.2 cm³/mol. The highest BCUT2D eigenvalue weighted by Gasteiger charge is 2.28. The number of amides is 1. The minimum atomic E-state index is -0.0268. The van der Waals surface area contributed by atoms with Gasteiger partial charge in [-0.3, -0.25) is 4.79 Å². The standard InChI is InChI=1S/C18H19BrN2O3/c1-13-4-2-3-5-16(13)23-12-18(22)21-9-8-15(11-21)24-17-7-6-14(19)10-20-17/h2-7,10,15H,8-9,11-12H2,1H3/t15-/m1/s1. The van der Waals surface area contributed by atoms with Crippen molar-refractivity contribution in [1.29, 1.82) is 0 Å². The second-order valence-corrected chi connectivity index (χ2v) is 6.65. The van der Waals surface area contributed by atoms with Gasteiger partial charge in [0.15, 0.2) is 6.61 Å². The molecule has 1 fully saturated rings. The summed E-state index contributed by atoms with van der Waals surface area (Å²) in [7, 11) is 0. The fraction of sp³-hybridized carbons (Fsp3) is 0.333. The molecule has 24 heavy (non-hydrogen) atoms. The van der Waals surface area contributed by atoms with Crippen LogP contribution in [0.2, 0.25) is 0 Å². The average molecular weight is 391 g/mol. The van der Waals surface area contributed by atoms with Crippen molar-refractivity contribution < 1.29 is 14.3 Å². The molecular formula is C18H19BrN2O3. The van der Waals surface area contributed by atoms with Gasteiger partial charge in [-0.05, 0) is 40.5 Å². The van der Waals surface area contributed by atoms with E-state index in [-0.39, 0.29) is 18.6 Å². The number of carbonyl (C=O) groups excluding carboxylic acids is 1. The van der Waals surface area contributed by atoms with Crippen molar-refractivity contribution >= 4 is 21.8 Å². The molecule has 1 atom stereocenters. The molecule has 0 unspecified atom stereocenters. The number of pyridine rings is 1. The highest BCUT2D eigenvalue weighted by atomic mass is 79.9. The molecular weight excluding hydrogens is 372 g/mol. The third-order valence-electron chi connectivity index (χ3n) is 3.93. The van der Waals surface area contributed by atoms with Crippen molar-refractivity contribution in [2.45, 2.75) is 19.4 Å². The number of carbonyl (C=O) groups is 1. The lowest BCUT2D eigenvalue weighted by atomic mass is 10.2. The zero-order valence-corrected chi connectivity index (χ0v) is 15.0. The predicted octanol–water partition coefficient (Wildman–Crippen LogP) is 3.21. The Labute approximate surface area is 149 Å². The van der Waals surface area contributed by atoms with Gasteiger partial charge in [0.2, 0.25) is 5.88 Å². The molecule has 2 heterocycles. The van der Waals surface area contributed by atoms with Crippen molar-refractivity contribution in [2.75, 3.05) is 19.7 Å². The number of halogens is 1. The van der Waals surface area contributed by atoms with Crippen LogP contribution in [0.15, 0.2) is 47.1 Å². The number of likely N-dealkylation sites (tertiary alicyclic amines) is 1. The maximum Gasteiger partial charge on any atom is 0.260 e. The van der Waals surface area contributed by atoms with Gasteiger partial charge in [0.1, 0.15) is 11.9 Å². The second kappa shape index (κ2) is 7.66. The van der Waals surface area contributed by atoms with E-state index in [1.165, 1.54) is 0 Å². The van der Waals surface area contributed by atoms with E-state index in [2.05, 4.69) is 20.9 Å². The van der Waals surface area contributed by atoms with Crippen molar-refractivity contribution in [3.8, 4) is 11.6 Å². The molecule has 1 amide bonds. The topological polar surface area (TPSA) is 51.7 Å². The minimum absolute atomic E-state index is 0.0203. The van der Waals surface area contributed by atoms with E-state index in [0.717, 1.165) is 22.2 Å². The molecule has 3 rings (SSSR count). The SMILES string of the molecule is Cc1ccccc1OCC(=O)N1CC[C@@H](Oc2ccc(Br)cn2)C1. The third kappa shape index (κ3) is 4.26. The number of rotatable bonds is 5. The maximum atomic E-state index is 12.3. The van der Waals surface area contributed by atoms with Gasteiger partial charge in [-0.25, -0.2) is 4.98 Å². The molecule has 1 aliphatic heterocycles. The van der Waals surface area contributed by atoms with E-state index in [9.17, 15) is 4.79 Å². The molecule has 0 spiro atoms. The van der Waals surface area contributed by atoms with Gasteiger partial charge in [-0.15, -0.1) is 0 Å². The van der Waals surface area contributed by atoms with E-state index in [1.807, 2.05) is 43.3 Å². The number of ether oxygens (including phenoxy) is 2. The summed E-state index contributed by atoms with van der Waals surface area (Å²) in [5.74, 6) is 1.30. The normalized spacial score (nSPS) is 16.9. The van der Waals surface area contributed by atoms with Crippen LogP contribution in [-0.4, -0.2) is 41.6 Å². The lowest BCUT2D eigenvalue weighted by Gasteiger charge is -2.17. The van der Waals surface area contributed by atoms with Gasteiger partial charge in [0.05, 0.1) is 6.54 Å². The first kappa shape index (κ1) is 16.8. The second-order valence-electron chi connectivity index (χ2n) is 5.74. The highest BCUT2D eigenvalue weighted by molar-refractivity contribution is 9.10. The summed E-state index contributed by atoms with van der Waals surface area (Å²) in [4.78, 5) is 18.3. The maximum absolute atomic E-state index is 12.3. The average Bonchev–Trinajstić information content (AvgIpc) is 3.05. The van der Waals surface area contributed by atoms with Crippen molar-refractivity contribution in [3.63, 3.8) is 0 Å². The van der Waals surface area contributed by atoms with E-state index in [1.54, 1.807) is 11.1 Å². The van der Waals surface area contributed by atoms with Gasteiger partial charge >= 0.3 is 0 Å². The summed E-state index contributed by atoms with van der Waals surface area (Å²) in [6.07, 6.45) is 2.47. The number of hydrogen-bond acceptors (Lipinski definition) is 4. The summed E-state index contributed by atoms with van der Waals surface area (Å²) < 4.78 is 12.4. The van der Waals surface area contributed by atoms with Gasteiger partial charge < -0.3 is 14.4 Å². The summed E-state index contributed by atoms with van der Waals surface area (Å²) in [6, 6.07) is 11.4. The number of hydrogen-bond donors (Lipinski definition) is 0. The number of benzene rings is 1. The number of para-hydroxylation sites is 1. The lowest BCUT2D eigenvalue weighted by Crippen LogP contribution is -2.34. The molecule has 0 aliphatic carbocycles. The van der Waals surface area contributed by atoms with Crippen LogP contribution in [0.25, 0.3) is 0 Å². The molecule has 0 radical (unpaired) electrons. The van der Waals surface area contributed by atoms with E-state index in [0.29, 0.717) is 19.0 Å². The van der Waals surface area contributed by atoms with Gasteiger partial charge in [0.25, 0.3) is 5.91 Å². The van der Waals surface area contributed by atoms with Gasteiger partial charge in [0, 0.05) is 29.7 Å². The molecule has 0 saturated carbocycles. The summed E-state index contributed by atoms with van der Waals surface area (Å²) in [5, 5.41) is 0. The summed E-state index contributed by atoms with van der Waals surface area (Å²) >= 11 is 3.34. The summed E-state index contributed by atoms with van der Waals surface area (Å²) in [5.41, 5.74) is 1.02. The zero-order chi connectivity index (χ0) is 16.9. The van der Waals surface area contributed by atoms with E-state index in [4.69, 9.17) is 9.47 Å². The van der Waals surface area contributed by atoms with Crippen molar-refractivity contribution in [2.24, 2.45) is 0 Å². The molecule has 0 bridgehead atoms. The zero-order valence-electron chi connectivity index (χ0n) is 13.4. The molecule has 126 valence electrons. The number of nitrogens with zero attached hydrogens (tertiary/aromatic N) is 2. The Morgan fingerprint density at radius 2 is 2.17 bits per heavy atom. The van der Waals surface area contributed by atoms with E-state index < -0.39 is 0 Å². The Bertz CT molecular complexity index is 706. The smallest absolute Gasteiger partial charge is 0.260 e. The third-order valence-corrected chi connectivity index (χ3v) is 4.40. The Morgan fingerprint density at radius 3 is 2.92 bits per heavy atom. The first-order valence-corrected chi connectivity index (χ1v) is 8.65. The lowest BCUT2D eigenvalue weighted by molar-refractivity contribution is -0.132. The Morgan fingerprint density at radius 1 is 1.33 bits per heavy atom. The van der Waals surface area contributed by atoms with Crippen LogP contribution in [0.5, 0.6) is 11.6 Å². The van der Waals surface area contributed by atoms with Crippen LogP contribution in [0.4, 0.5) is 0 Å². The van der Waals surface area contributed by atoms with Crippen LogP contribution in [-0.2, 0) is 4.79 Å². The van der Waals surface area contributed by atoms with Crippen LogP contribution in [0.3, 0.4) is 0 Å². The highest BCUT2D eigenvalue weighted by Crippen LogP contribution is 2.19. The molecule has 6 heteroatoms. The first-order valence-electron chi connectivity index (χ1n) is 7.86. The Balaban J connectivity index is 1.49. The number of aromatic nitrogens is 1. The van der Waals surface area contributed by atoms with E-state index >= 15 is 0 Å². The van der Waals surface area contributed by atoms with Crippen molar-refractivity contribution in [1.82, 2.24) is 9.88 Å². The molecule has 2 aromatic rings. The first-order chi connectivity index (χ1) is 11.6. The molecule has 1 aromatic heterocycles. The van der Waals surface area contributed by atoms with Crippen LogP contribution in [0.1, 0.15) is 12.0 Å². The van der Waals surface area contributed by atoms with Crippen LogP contribution < -0.4 is 9.47 Å². The molecule has 1 aliphatic rings. The van der Waals surface area contributed by atoms with Crippen molar-refractivity contribution in [3.05, 3.63) is 52.6 Å². The van der Waals surface area contributed by atoms with Crippen LogP contribution >= 0.6 is 15.9 Å². The fourth-order valence-corrected chi connectivity index (χ4v) is 2.84. The Hall–Kier alpha value is -2.08. The summed E-state index contributed by atoms with van der Waals surface area (Å²) in [6.45, 7) is 3.25. The Kier molecular flexibility index (Phi) is 5.35. The number of aryl methyl sites for hydroxylation is 1. The van der Waals surface area contributed by atoms with Gasteiger partial charge in [-0.2, -0.15) is 0 Å². The minimum Gasteiger partial charge on any atom is -0.484 e. The quantitative estimate of drug-likeness (QED) is 0.786. The molecule has 5 nitrogen and oxygen atoms in total. The molecule has 0 N–H and O–H groups in total. The van der Waals surface area contributed by atoms with Gasteiger partial charge in [-0.1, -0.05) is 18.2 Å². The fourth-order valence-electron chi connectivity index (χ4n) is 2.60. The molecule has 1 saturated heterocycles.